The van der Waals surface area contributed by atoms with Gasteiger partial charge in [-0.05, 0) is 122 Å². The van der Waals surface area contributed by atoms with E-state index in [1.54, 1.807) is 0 Å². The van der Waals surface area contributed by atoms with Crippen molar-refractivity contribution < 1.29 is 76.6 Å². The molecule has 0 aromatic carbocycles. The fourth-order valence-corrected chi connectivity index (χ4v) is 15.5. The zero-order valence-electron chi connectivity index (χ0n) is 43.0. The van der Waals surface area contributed by atoms with Gasteiger partial charge in [-0.25, -0.2) is 4.79 Å². The average Bonchev–Trinajstić information content (AvgIpc) is 3.66. The summed E-state index contributed by atoms with van der Waals surface area (Å²) in [5.74, 6) is -6.57. The van der Waals surface area contributed by atoms with Crippen LogP contribution < -0.4 is 5.32 Å². The first-order chi connectivity index (χ1) is 32.1. The molecular weight excluding hydrogens is 895 g/mol. The summed E-state index contributed by atoms with van der Waals surface area (Å²) in [6.45, 7) is 22.7. The quantitative estimate of drug-likeness (QED) is 0.0820. The zero-order chi connectivity index (χ0) is 51.2. The van der Waals surface area contributed by atoms with Crippen molar-refractivity contribution in [1.82, 2.24) is 5.32 Å². The molecule has 6 rings (SSSR count). The van der Waals surface area contributed by atoms with E-state index >= 15 is 0 Å². The fourth-order valence-electron chi connectivity index (χ4n) is 15.5. The van der Waals surface area contributed by atoms with Crippen molar-refractivity contribution in [3.63, 3.8) is 0 Å². The van der Waals surface area contributed by atoms with Gasteiger partial charge in [0.1, 0.15) is 25.4 Å². The van der Waals surface area contributed by atoms with Crippen LogP contribution in [-0.2, 0) is 71.5 Å². The van der Waals surface area contributed by atoms with Gasteiger partial charge in [-0.3, -0.25) is 28.8 Å². The molecule has 2 N–H and O–H groups in total. The number of fused-ring (bicyclic) bond motifs is 7. The number of hydrogen-bond acceptors (Lipinski definition) is 16. The molecule has 1 heterocycles. The Morgan fingerprint density at radius 2 is 1.41 bits per heavy atom. The van der Waals surface area contributed by atoms with Crippen LogP contribution in [0.4, 0.5) is 0 Å². The number of carbonyl (C=O) groups excluding carboxylic acids is 7. The molecule has 0 aromatic rings. The summed E-state index contributed by atoms with van der Waals surface area (Å²) in [5.41, 5.74) is 0.202. The van der Waals surface area contributed by atoms with Crippen molar-refractivity contribution in [2.45, 2.75) is 189 Å². The van der Waals surface area contributed by atoms with Crippen molar-refractivity contribution in [2.75, 3.05) is 26.9 Å². The summed E-state index contributed by atoms with van der Waals surface area (Å²) in [6, 6.07) is -1.36. The van der Waals surface area contributed by atoms with Crippen LogP contribution in [0.25, 0.3) is 0 Å². The first-order valence-corrected chi connectivity index (χ1v) is 25.0. The van der Waals surface area contributed by atoms with E-state index in [-0.39, 0.29) is 58.1 Å². The number of ether oxygens (including phenoxy) is 8. The van der Waals surface area contributed by atoms with Gasteiger partial charge in [-0.1, -0.05) is 46.8 Å². The molecule has 6 fully saturated rings. The van der Waals surface area contributed by atoms with Crippen LogP contribution in [0.15, 0.2) is 12.2 Å². The number of esters is 6. The number of aliphatic hydroxyl groups is 1. The third kappa shape index (κ3) is 9.82. The second-order valence-corrected chi connectivity index (χ2v) is 22.6. The Morgan fingerprint density at radius 3 is 2.00 bits per heavy atom. The lowest BCUT2D eigenvalue weighted by Crippen LogP contribution is -2.69. The Morgan fingerprint density at radius 1 is 0.725 bits per heavy atom. The van der Waals surface area contributed by atoms with Crippen LogP contribution in [-0.4, -0.2) is 116 Å². The summed E-state index contributed by atoms with van der Waals surface area (Å²) < 4.78 is 46.0. The number of rotatable bonds is 15. The van der Waals surface area contributed by atoms with E-state index in [4.69, 9.17) is 37.9 Å². The maximum atomic E-state index is 14.9. The second kappa shape index (κ2) is 20.2. The minimum atomic E-state index is -2.44. The number of aliphatic hydroxyl groups excluding tert-OH is 1. The topological polar surface area (TPSA) is 226 Å². The van der Waals surface area contributed by atoms with Crippen LogP contribution in [0.2, 0.25) is 0 Å². The van der Waals surface area contributed by atoms with Gasteiger partial charge in [0.25, 0.3) is 5.79 Å². The highest BCUT2D eigenvalue weighted by molar-refractivity contribution is 5.79. The van der Waals surface area contributed by atoms with Crippen molar-refractivity contribution in [1.29, 1.82) is 0 Å². The predicted octanol–water partition coefficient (Wildman–Crippen LogP) is 6.09. The number of amides is 1. The molecule has 1 saturated heterocycles. The van der Waals surface area contributed by atoms with E-state index in [0.29, 0.717) is 24.7 Å². The Hall–Kier alpha value is -4.09. The average molecular weight is 974 g/mol. The Labute approximate surface area is 407 Å². The van der Waals surface area contributed by atoms with Gasteiger partial charge in [-0.2, -0.15) is 0 Å². The summed E-state index contributed by atoms with van der Waals surface area (Å²) in [4.78, 5) is 91.3. The van der Waals surface area contributed by atoms with Gasteiger partial charge < -0.3 is 48.3 Å². The zero-order valence-corrected chi connectivity index (χ0v) is 43.0. The highest BCUT2D eigenvalue weighted by Crippen LogP contribution is 2.77. The third-order valence-electron chi connectivity index (χ3n) is 18.6. The molecule has 0 aromatic heterocycles. The monoisotopic (exact) mass is 974 g/mol. The SMILES string of the molecule is C=C(C)[C@@H]1CC[C@]2(C(=O)OCCO[C@]3(C(=O)OC)C[C@H](OC(C)=O)[C@@H](NC(C)=O)[C@H]([C@H](OC(C)=O)[C@@H](COC(C)=O)OC(C)=O)O3)CC[C@]3(C)[C@H](CC[C@@H]4[C@@]5(C)CC[C@H](O)C(C)(C)[C@@H]5CC[C@]43C)[C@@H]12. The van der Waals surface area contributed by atoms with Crippen LogP contribution in [0.3, 0.4) is 0 Å². The van der Waals surface area contributed by atoms with Crippen molar-refractivity contribution in [3.05, 3.63) is 12.2 Å². The van der Waals surface area contributed by atoms with E-state index < -0.39 is 97.0 Å². The summed E-state index contributed by atoms with van der Waals surface area (Å²) in [7, 11) is 1.08. The van der Waals surface area contributed by atoms with Crippen LogP contribution in [0.1, 0.15) is 147 Å². The van der Waals surface area contributed by atoms with Crippen molar-refractivity contribution >= 4 is 41.7 Å². The van der Waals surface area contributed by atoms with Crippen molar-refractivity contribution in [3.8, 4) is 0 Å². The second-order valence-electron chi connectivity index (χ2n) is 22.6. The lowest BCUT2D eigenvalue weighted by Gasteiger charge is -2.72. The van der Waals surface area contributed by atoms with Crippen LogP contribution in [0, 0.1) is 56.7 Å². The van der Waals surface area contributed by atoms with Gasteiger partial charge in [0, 0.05) is 34.6 Å². The Bertz CT molecular complexity index is 2020. The highest BCUT2D eigenvalue weighted by atomic mass is 16.7. The molecule has 0 unspecified atom stereocenters. The van der Waals surface area contributed by atoms with E-state index in [2.05, 4.69) is 53.4 Å². The molecular formula is C52H79NO16. The number of hydrogen-bond donors (Lipinski definition) is 2. The lowest BCUT2D eigenvalue weighted by atomic mass is 9.32. The van der Waals surface area contributed by atoms with E-state index in [1.165, 1.54) is 6.92 Å². The largest absolute Gasteiger partial charge is 0.465 e. The standard InChI is InChI=1S/C52H79NO16/c1-28(2)34-16-21-51(23-22-49(11)35(41(34)51)14-15-39-48(10)19-18-40(59)47(8,9)38(48)17-20-50(39,49)12)45(60)63-24-25-65-52(46(61)62-13)26-36(66-31(5)56)42(53-29(3)54)44(69-52)43(68-33(7)58)37(67-32(6)57)27-64-30(4)55/h34-44,59H,1,14-27H2,2-13H3,(H,53,54)/t34-,35+,36-,37+,38-,39+,40-,41+,42+,43+,44+,48-,49+,50+,51-,52+/m0/s1. The third-order valence-corrected chi connectivity index (χ3v) is 18.6. The minimum absolute atomic E-state index is 0.00416. The molecule has 0 spiro atoms. The first-order valence-electron chi connectivity index (χ1n) is 25.0. The molecule has 5 aliphatic carbocycles. The summed E-state index contributed by atoms with van der Waals surface area (Å²) in [6.07, 6.45) is 1.78. The molecule has 388 valence electrons. The van der Waals surface area contributed by atoms with Gasteiger partial charge in [0.2, 0.25) is 5.91 Å². The van der Waals surface area contributed by atoms with Crippen LogP contribution >= 0.6 is 0 Å². The predicted molar refractivity (Wildman–Crippen MR) is 247 cm³/mol. The van der Waals surface area contributed by atoms with Gasteiger partial charge >= 0.3 is 35.8 Å². The molecule has 17 heteroatoms. The Balaban J connectivity index is 1.27. The van der Waals surface area contributed by atoms with E-state index in [0.717, 1.165) is 91.7 Å². The van der Waals surface area contributed by atoms with Gasteiger partial charge in [0.15, 0.2) is 12.2 Å². The molecule has 1 amide bonds. The summed E-state index contributed by atoms with van der Waals surface area (Å²) in [5, 5.41) is 13.8. The lowest BCUT2D eigenvalue weighted by molar-refractivity contribution is -0.315. The molecule has 17 nitrogen and oxygen atoms in total. The van der Waals surface area contributed by atoms with Crippen LogP contribution in [0.5, 0.6) is 0 Å². The number of carbonyl (C=O) groups is 7. The molecule has 5 saturated carbocycles. The van der Waals surface area contributed by atoms with Crippen molar-refractivity contribution in [2.24, 2.45) is 56.7 Å². The number of methoxy groups -OCH3 is 1. The smallest absolute Gasteiger partial charge is 0.366 e. The summed E-state index contributed by atoms with van der Waals surface area (Å²) >= 11 is 0. The molecule has 69 heavy (non-hydrogen) atoms. The van der Waals surface area contributed by atoms with E-state index in [9.17, 15) is 38.7 Å². The van der Waals surface area contributed by atoms with Gasteiger partial charge in [-0.15, -0.1) is 0 Å². The number of allylic oxidation sites excluding steroid dienone is 1. The normalized spacial score (nSPS) is 39.5. The number of nitrogens with one attached hydrogen (secondary N) is 1. The Kier molecular flexibility index (Phi) is 15.9. The van der Waals surface area contributed by atoms with Gasteiger partial charge in [0.05, 0.1) is 37.7 Å². The minimum Gasteiger partial charge on any atom is -0.465 e. The first kappa shape index (κ1) is 54.2. The molecule has 6 aliphatic rings. The maximum Gasteiger partial charge on any atom is 0.366 e. The molecule has 16 atom stereocenters. The highest BCUT2D eigenvalue weighted by Gasteiger charge is 2.72. The van der Waals surface area contributed by atoms with E-state index in [1.807, 2.05) is 0 Å². The fraction of sp³-hybridized carbons (Fsp3) is 0.827. The molecule has 0 bridgehead atoms. The maximum absolute atomic E-state index is 14.9. The molecule has 0 radical (unpaired) electrons. The molecule has 1 aliphatic heterocycles.